The fourth-order valence-electron chi connectivity index (χ4n) is 2.89. The van der Waals surface area contributed by atoms with Crippen molar-refractivity contribution in [3.63, 3.8) is 0 Å². The molecule has 1 amide bonds. The van der Waals surface area contributed by atoms with Crippen molar-refractivity contribution in [1.29, 1.82) is 0 Å². The molecule has 0 saturated heterocycles. The Morgan fingerprint density at radius 1 is 1.29 bits per heavy atom. The summed E-state index contributed by atoms with van der Waals surface area (Å²) < 4.78 is 8.30. The number of nitrogens with one attached hydrogen (secondary N) is 1. The first-order valence-corrected chi connectivity index (χ1v) is 9.66. The van der Waals surface area contributed by atoms with Gasteiger partial charge >= 0.3 is 6.01 Å². The zero-order valence-electron chi connectivity index (χ0n) is 15.2. The Bertz CT molecular complexity index is 1230. The average Bonchev–Trinajstić information content (AvgIpc) is 3.29. The molecule has 0 aliphatic heterocycles. The van der Waals surface area contributed by atoms with E-state index in [4.69, 9.17) is 4.52 Å². The first kappa shape index (κ1) is 18.2. The topological polar surface area (TPSA) is 120 Å². The van der Waals surface area contributed by atoms with Gasteiger partial charge < -0.3 is 4.52 Å². The highest BCUT2D eigenvalue weighted by atomic mass is 32.2. The molecule has 11 heteroatoms. The van der Waals surface area contributed by atoms with Crippen LogP contribution in [-0.2, 0) is 11.3 Å². The standard InChI is InChI=1S/C17H17N7O3S/c1-3-8-23-14(26)11-6-4-5-7-12(11)24-16(23)20-21-17(24)28-9-13(25)19-15-18-10(2)22-27-15/h4-7H,3,8-9H2,1-2H3,(H,18,19,22,25). The SMILES string of the molecule is CCCn1c(=O)c2ccccc2n2c(SCC(=O)Nc3nc(C)no3)nnc12. The second kappa shape index (κ2) is 7.43. The minimum Gasteiger partial charge on any atom is -0.315 e. The molecule has 0 fully saturated rings. The smallest absolute Gasteiger partial charge is 0.315 e. The van der Waals surface area contributed by atoms with Gasteiger partial charge in [0.05, 0.1) is 16.7 Å². The summed E-state index contributed by atoms with van der Waals surface area (Å²) in [5.41, 5.74) is 0.605. The maximum Gasteiger partial charge on any atom is 0.328 e. The molecule has 4 rings (SSSR count). The van der Waals surface area contributed by atoms with Crippen molar-refractivity contribution in [2.75, 3.05) is 11.1 Å². The summed E-state index contributed by atoms with van der Waals surface area (Å²) in [7, 11) is 0. The number of hydrogen-bond donors (Lipinski definition) is 1. The van der Waals surface area contributed by atoms with Crippen LogP contribution >= 0.6 is 11.8 Å². The van der Waals surface area contributed by atoms with Gasteiger partial charge in [0, 0.05) is 6.54 Å². The summed E-state index contributed by atoms with van der Waals surface area (Å²) in [5, 5.41) is 15.7. The van der Waals surface area contributed by atoms with Gasteiger partial charge in [0.15, 0.2) is 11.0 Å². The molecular weight excluding hydrogens is 382 g/mol. The number of benzene rings is 1. The molecule has 4 aromatic rings. The Morgan fingerprint density at radius 2 is 2.11 bits per heavy atom. The highest BCUT2D eigenvalue weighted by Crippen LogP contribution is 2.21. The summed E-state index contributed by atoms with van der Waals surface area (Å²) in [6.45, 7) is 4.19. The third kappa shape index (κ3) is 3.24. The molecule has 10 nitrogen and oxygen atoms in total. The molecule has 1 N–H and O–H groups in total. The summed E-state index contributed by atoms with van der Waals surface area (Å²) >= 11 is 1.21. The van der Waals surface area contributed by atoms with Gasteiger partial charge in [0.2, 0.25) is 11.7 Å². The van der Waals surface area contributed by atoms with Crippen LogP contribution in [-0.4, -0.2) is 41.0 Å². The fraction of sp³-hybridized carbons (Fsp3) is 0.294. The predicted octanol–water partition coefficient (Wildman–Crippen LogP) is 1.88. The molecule has 0 atom stereocenters. The minimum atomic E-state index is -0.309. The molecule has 0 saturated carbocycles. The van der Waals surface area contributed by atoms with Crippen LogP contribution in [0.2, 0.25) is 0 Å². The zero-order chi connectivity index (χ0) is 19.7. The van der Waals surface area contributed by atoms with Crippen molar-refractivity contribution in [3.8, 4) is 0 Å². The lowest BCUT2D eigenvalue weighted by Crippen LogP contribution is -2.23. The van der Waals surface area contributed by atoms with Gasteiger partial charge in [-0.05, 0) is 25.5 Å². The van der Waals surface area contributed by atoms with Crippen LogP contribution in [0.5, 0.6) is 0 Å². The van der Waals surface area contributed by atoms with E-state index in [2.05, 4.69) is 25.7 Å². The van der Waals surface area contributed by atoms with Crippen LogP contribution in [0.4, 0.5) is 6.01 Å². The molecule has 0 radical (unpaired) electrons. The van der Waals surface area contributed by atoms with E-state index in [9.17, 15) is 9.59 Å². The van der Waals surface area contributed by atoms with Crippen molar-refractivity contribution in [3.05, 3.63) is 40.4 Å². The van der Waals surface area contributed by atoms with E-state index in [0.717, 1.165) is 6.42 Å². The molecule has 1 aromatic carbocycles. The summed E-state index contributed by atoms with van der Waals surface area (Å²) in [6, 6.07) is 7.35. The fourth-order valence-corrected chi connectivity index (χ4v) is 3.63. The normalized spacial score (nSPS) is 11.4. The lowest BCUT2D eigenvalue weighted by Gasteiger charge is -2.10. The van der Waals surface area contributed by atoms with Crippen LogP contribution in [0.25, 0.3) is 16.7 Å². The molecule has 144 valence electrons. The van der Waals surface area contributed by atoms with Crippen molar-refractivity contribution in [1.82, 2.24) is 29.3 Å². The Hall–Kier alpha value is -3.21. The van der Waals surface area contributed by atoms with Gasteiger partial charge in [-0.1, -0.05) is 36.0 Å². The first-order valence-electron chi connectivity index (χ1n) is 8.68. The molecule has 0 bridgehead atoms. The number of thioether (sulfide) groups is 1. The summed E-state index contributed by atoms with van der Waals surface area (Å²) in [4.78, 5) is 28.9. The van der Waals surface area contributed by atoms with Gasteiger partial charge in [-0.25, -0.2) is 0 Å². The Balaban J connectivity index is 1.68. The predicted molar refractivity (Wildman–Crippen MR) is 103 cm³/mol. The maximum absolute atomic E-state index is 12.8. The van der Waals surface area contributed by atoms with E-state index >= 15 is 0 Å². The zero-order valence-corrected chi connectivity index (χ0v) is 16.1. The van der Waals surface area contributed by atoms with Gasteiger partial charge in [0.25, 0.3) is 5.56 Å². The number of para-hydroxylation sites is 1. The molecule has 0 spiro atoms. The number of aromatic nitrogens is 6. The number of aryl methyl sites for hydroxylation is 2. The number of amides is 1. The number of rotatable bonds is 6. The van der Waals surface area contributed by atoms with Crippen molar-refractivity contribution in [2.45, 2.75) is 32.0 Å². The van der Waals surface area contributed by atoms with E-state index < -0.39 is 0 Å². The second-order valence-corrected chi connectivity index (χ2v) is 7.02. The number of nitrogens with zero attached hydrogens (tertiary/aromatic N) is 6. The van der Waals surface area contributed by atoms with E-state index in [1.807, 2.05) is 25.1 Å². The lowest BCUT2D eigenvalue weighted by atomic mass is 10.2. The van der Waals surface area contributed by atoms with Crippen LogP contribution < -0.4 is 10.9 Å². The average molecular weight is 399 g/mol. The quantitative estimate of drug-likeness (QED) is 0.488. The van der Waals surface area contributed by atoms with Gasteiger partial charge in [-0.2, -0.15) is 4.98 Å². The van der Waals surface area contributed by atoms with Gasteiger partial charge in [0.1, 0.15) is 0 Å². The van der Waals surface area contributed by atoms with E-state index in [1.54, 1.807) is 22.0 Å². The Kier molecular flexibility index (Phi) is 4.82. The highest BCUT2D eigenvalue weighted by molar-refractivity contribution is 7.99. The minimum absolute atomic E-state index is 0.0523. The van der Waals surface area contributed by atoms with Crippen molar-refractivity contribution < 1.29 is 9.32 Å². The number of fused-ring (bicyclic) bond motifs is 3. The number of hydrogen-bond acceptors (Lipinski definition) is 8. The van der Waals surface area contributed by atoms with Crippen LogP contribution in [0.3, 0.4) is 0 Å². The Morgan fingerprint density at radius 3 is 2.86 bits per heavy atom. The van der Waals surface area contributed by atoms with Crippen LogP contribution in [0, 0.1) is 6.92 Å². The largest absolute Gasteiger partial charge is 0.328 e. The monoisotopic (exact) mass is 399 g/mol. The van der Waals surface area contributed by atoms with E-state index in [1.165, 1.54) is 11.8 Å². The van der Waals surface area contributed by atoms with Gasteiger partial charge in [-0.15, -0.1) is 10.2 Å². The molecule has 3 aromatic heterocycles. The molecule has 28 heavy (non-hydrogen) atoms. The number of anilines is 1. The molecular formula is C17H17N7O3S. The van der Waals surface area contributed by atoms with Gasteiger partial charge in [-0.3, -0.25) is 23.9 Å². The van der Waals surface area contributed by atoms with Crippen molar-refractivity contribution >= 4 is 40.4 Å². The molecule has 0 unspecified atom stereocenters. The van der Waals surface area contributed by atoms with Crippen LogP contribution in [0.15, 0.2) is 38.7 Å². The van der Waals surface area contributed by atoms with Crippen LogP contribution in [0.1, 0.15) is 19.2 Å². The number of carbonyl (C=O) groups excluding carboxylic acids is 1. The number of carbonyl (C=O) groups is 1. The van der Waals surface area contributed by atoms with Crippen molar-refractivity contribution in [2.24, 2.45) is 0 Å². The second-order valence-electron chi connectivity index (χ2n) is 6.08. The molecule has 3 heterocycles. The third-order valence-electron chi connectivity index (χ3n) is 4.03. The summed E-state index contributed by atoms with van der Waals surface area (Å²) in [5.74, 6) is 0.660. The Labute approximate surface area is 162 Å². The van der Waals surface area contributed by atoms with E-state index in [0.29, 0.717) is 34.2 Å². The summed E-state index contributed by atoms with van der Waals surface area (Å²) in [6.07, 6.45) is 0.787. The third-order valence-corrected chi connectivity index (χ3v) is 4.96. The lowest BCUT2D eigenvalue weighted by molar-refractivity contribution is -0.114. The molecule has 0 aliphatic carbocycles. The van der Waals surface area contributed by atoms with E-state index in [-0.39, 0.29) is 23.2 Å². The molecule has 0 aliphatic rings. The highest BCUT2D eigenvalue weighted by Gasteiger charge is 2.17. The first-order chi connectivity index (χ1) is 13.6. The maximum atomic E-state index is 12.8.